The van der Waals surface area contributed by atoms with Crippen molar-refractivity contribution in [2.24, 2.45) is 46.3 Å². The zero-order valence-electron chi connectivity index (χ0n) is 19.0. The van der Waals surface area contributed by atoms with Gasteiger partial charge in [-0.3, -0.25) is 0 Å². The zero-order chi connectivity index (χ0) is 20.0. The Morgan fingerprint density at radius 2 is 1.90 bits per heavy atom. The minimum absolute atomic E-state index is 0.271. The van der Waals surface area contributed by atoms with Crippen LogP contribution >= 0.6 is 0 Å². The molecule has 0 unspecified atom stereocenters. The number of hydrogen-bond acceptors (Lipinski definition) is 2. The van der Waals surface area contributed by atoms with E-state index in [0.717, 1.165) is 30.8 Å². The van der Waals surface area contributed by atoms with Crippen molar-refractivity contribution in [2.45, 2.75) is 91.0 Å². The van der Waals surface area contributed by atoms with Crippen LogP contribution in [-0.2, 0) is 9.47 Å². The molecule has 0 aromatic heterocycles. The van der Waals surface area contributed by atoms with E-state index in [4.69, 9.17) is 9.47 Å². The molecule has 0 bridgehead atoms. The lowest BCUT2D eigenvalue weighted by Gasteiger charge is -2.57. The van der Waals surface area contributed by atoms with Gasteiger partial charge in [0.05, 0.1) is 12.7 Å². The molecule has 2 saturated carbocycles. The Hall–Kier alpha value is -0.600. The van der Waals surface area contributed by atoms with E-state index >= 15 is 0 Å². The van der Waals surface area contributed by atoms with E-state index in [2.05, 4.69) is 45.9 Å². The Balaban J connectivity index is 1.30. The Morgan fingerprint density at radius 1 is 1.03 bits per heavy atom. The molecule has 0 radical (unpaired) electrons. The van der Waals surface area contributed by atoms with Crippen LogP contribution in [0, 0.1) is 46.3 Å². The lowest BCUT2D eigenvalue weighted by molar-refractivity contribution is -0.272. The van der Waals surface area contributed by atoms with Gasteiger partial charge in [-0.1, -0.05) is 45.9 Å². The molecule has 2 aliphatic heterocycles. The summed E-state index contributed by atoms with van der Waals surface area (Å²) in [6.07, 6.45) is 18.3. The molecule has 0 aromatic rings. The van der Waals surface area contributed by atoms with Crippen LogP contribution in [0.4, 0.5) is 0 Å². The largest absolute Gasteiger partial charge is 0.349 e. The Morgan fingerprint density at radius 3 is 2.69 bits per heavy atom. The molecule has 10 atom stereocenters. The molecule has 6 aliphatic rings. The van der Waals surface area contributed by atoms with Gasteiger partial charge < -0.3 is 9.47 Å². The first-order chi connectivity index (χ1) is 13.9. The smallest absolute Gasteiger partial charge is 0.171 e. The van der Waals surface area contributed by atoms with Crippen molar-refractivity contribution in [3.63, 3.8) is 0 Å². The van der Waals surface area contributed by atoms with Crippen molar-refractivity contribution in [1.82, 2.24) is 0 Å². The van der Waals surface area contributed by atoms with Gasteiger partial charge in [-0.05, 0) is 90.9 Å². The Labute approximate surface area is 177 Å². The van der Waals surface area contributed by atoms with Crippen molar-refractivity contribution in [3.05, 3.63) is 23.8 Å². The highest BCUT2D eigenvalue weighted by molar-refractivity contribution is 5.34. The zero-order valence-corrected chi connectivity index (χ0v) is 19.0. The predicted octanol–water partition coefficient (Wildman–Crippen LogP) is 6.52. The summed E-state index contributed by atoms with van der Waals surface area (Å²) in [7, 11) is 0. The first-order valence-electron chi connectivity index (χ1n) is 12.6. The second-order valence-electron chi connectivity index (χ2n) is 12.1. The van der Waals surface area contributed by atoms with E-state index in [-0.39, 0.29) is 5.79 Å². The molecular formula is C27H40O2. The molecule has 4 aliphatic carbocycles. The maximum Gasteiger partial charge on any atom is 0.171 e. The van der Waals surface area contributed by atoms with Crippen LogP contribution in [0.1, 0.15) is 79.1 Å². The lowest BCUT2D eigenvalue weighted by atomic mass is 9.47. The van der Waals surface area contributed by atoms with Crippen LogP contribution < -0.4 is 0 Å². The summed E-state index contributed by atoms with van der Waals surface area (Å²) < 4.78 is 13.4. The summed E-state index contributed by atoms with van der Waals surface area (Å²) >= 11 is 0. The van der Waals surface area contributed by atoms with Crippen LogP contribution in [-0.4, -0.2) is 18.5 Å². The SMILES string of the molecule is C[C@@H]1CC[C@]2(OC1)O[C@H]1C[C@@H]3[C@@H]4CC=C5C=CCC[C@]5(C)[C@H]4CC[C@]3(C)[C@H]1[C@@H]2C. The highest BCUT2D eigenvalue weighted by atomic mass is 16.7. The van der Waals surface area contributed by atoms with Crippen molar-refractivity contribution in [3.8, 4) is 0 Å². The lowest BCUT2D eigenvalue weighted by Crippen LogP contribution is -2.51. The van der Waals surface area contributed by atoms with Gasteiger partial charge in [-0.25, -0.2) is 0 Å². The summed E-state index contributed by atoms with van der Waals surface area (Å²) in [4.78, 5) is 0. The summed E-state index contributed by atoms with van der Waals surface area (Å²) in [5, 5.41) is 0. The van der Waals surface area contributed by atoms with Crippen LogP contribution in [0.25, 0.3) is 0 Å². The summed E-state index contributed by atoms with van der Waals surface area (Å²) in [5.74, 6) is 4.20. The standard InChI is InChI=1S/C27H40O2/c1-17-10-14-27(28-16-17)18(2)24-23(29-27)15-22-20-9-8-19-7-5-6-12-25(19,3)21(20)11-13-26(22,24)4/h5,7-8,17-18,20-24H,6,9-16H2,1-4H3/t17-,18+,20-,21+,22-,23+,24+,25+,26+,27+/m1/s1. The number of rotatable bonds is 0. The van der Waals surface area contributed by atoms with E-state index in [1.54, 1.807) is 5.57 Å². The van der Waals surface area contributed by atoms with Crippen molar-refractivity contribution in [1.29, 1.82) is 0 Å². The molecule has 0 aromatic carbocycles. The fourth-order valence-electron chi connectivity index (χ4n) is 9.32. The molecular weight excluding hydrogens is 356 g/mol. The normalized spacial score (nSPS) is 58.3. The molecule has 0 N–H and O–H groups in total. The van der Waals surface area contributed by atoms with Gasteiger partial charge in [0.25, 0.3) is 0 Å². The van der Waals surface area contributed by atoms with Crippen molar-refractivity contribution in [2.75, 3.05) is 6.61 Å². The van der Waals surface area contributed by atoms with Crippen LogP contribution in [0.15, 0.2) is 23.8 Å². The Kier molecular flexibility index (Phi) is 4.10. The molecule has 0 amide bonds. The van der Waals surface area contributed by atoms with Gasteiger partial charge in [0, 0.05) is 12.3 Å². The van der Waals surface area contributed by atoms with E-state index < -0.39 is 0 Å². The summed E-state index contributed by atoms with van der Waals surface area (Å²) in [5.41, 5.74) is 2.51. The molecule has 2 saturated heterocycles. The molecule has 4 fully saturated rings. The van der Waals surface area contributed by atoms with E-state index in [1.807, 2.05) is 0 Å². The topological polar surface area (TPSA) is 18.5 Å². The first kappa shape index (κ1) is 19.1. The number of ether oxygens (including phenoxy) is 2. The maximum atomic E-state index is 6.89. The van der Waals surface area contributed by atoms with Crippen LogP contribution in [0.2, 0.25) is 0 Å². The first-order valence-corrected chi connectivity index (χ1v) is 12.6. The fourth-order valence-corrected chi connectivity index (χ4v) is 9.32. The van der Waals surface area contributed by atoms with E-state index in [9.17, 15) is 0 Å². The van der Waals surface area contributed by atoms with Crippen molar-refractivity contribution >= 4 is 0 Å². The van der Waals surface area contributed by atoms with Crippen LogP contribution in [0.5, 0.6) is 0 Å². The third kappa shape index (κ3) is 2.42. The molecule has 2 heteroatoms. The van der Waals surface area contributed by atoms with E-state index in [0.29, 0.717) is 34.7 Å². The molecule has 6 rings (SSSR count). The third-order valence-electron chi connectivity index (χ3n) is 10.9. The van der Waals surface area contributed by atoms with Gasteiger partial charge in [0.1, 0.15) is 0 Å². The predicted molar refractivity (Wildman–Crippen MR) is 116 cm³/mol. The fraction of sp³-hybridized carbons (Fsp3) is 0.852. The number of fused-ring (bicyclic) bond motifs is 7. The van der Waals surface area contributed by atoms with Gasteiger partial charge in [-0.15, -0.1) is 0 Å². The maximum absolute atomic E-state index is 6.89. The second kappa shape index (κ2) is 6.22. The van der Waals surface area contributed by atoms with E-state index in [1.165, 1.54) is 44.9 Å². The van der Waals surface area contributed by atoms with Gasteiger partial charge >= 0.3 is 0 Å². The van der Waals surface area contributed by atoms with Crippen molar-refractivity contribution < 1.29 is 9.47 Å². The van der Waals surface area contributed by atoms with Gasteiger partial charge in [-0.2, -0.15) is 0 Å². The number of allylic oxidation sites excluding steroid dienone is 4. The molecule has 2 nitrogen and oxygen atoms in total. The molecule has 29 heavy (non-hydrogen) atoms. The second-order valence-corrected chi connectivity index (χ2v) is 12.1. The van der Waals surface area contributed by atoms with Gasteiger partial charge in [0.2, 0.25) is 0 Å². The average molecular weight is 397 g/mol. The third-order valence-corrected chi connectivity index (χ3v) is 10.9. The molecule has 160 valence electrons. The quantitative estimate of drug-likeness (QED) is 0.464. The highest BCUT2D eigenvalue weighted by Gasteiger charge is 2.68. The minimum atomic E-state index is -0.271. The monoisotopic (exact) mass is 396 g/mol. The number of hydrogen-bond donors (Lipinski definition) is 0. The van der Waals surface area contributed by atoms with Crippen LogP contribution in [0.3, 0.4) is 0 Å². The Bertz CT molecular complexity index is 744. The summed E-state index contributed by atoms with van der Waals surface area (Å²) in [6.45, 7) is 10.9. The highest BCUT2D eigenvalue weighted by Crippen LogP contribution is 2.70. The van der Waals surface area contributed by atoms with Gasteiger partial charge in [0.15, 0.2) is 5.79 Å². The minimum Gasteiger partial charge on any atom is -0.349 e. The molecule has 1 spiro atoms. The summed E-state index contributed by atoms with van der Waals surface area (Å²) in [6, 6.07) is 0. The molecule has 2 heterocycles. The average Bonchev–Trinajstić information content (AvgIpc) is 3.15.